The highest BCUT2D eigenvalue weighted by atomic mass is 16.2. The summed E-state index contributed by atoms with van der Waals surface area (Å²) in [7, 11) is 18.3. The van der Waals surface area contributed by atoms with E-state index in [9.17, 15) is 19.2 Å². The number of amides is 4. The Kier molecular flexibility index (Phi) is 59.4. The molecular weight excluding hydrogens is 1140 g/mol. The highest BCUT2D eigenvalue weighted by Gasteiger charge is 2.21. The summed E-state index contributed by atoms with van der Waals surface area (Å²) < 4.78 is 3.58. The van der Waals surface area contributed by atoms with E-state index >= 15 is 0 Å². The zero-order valence-corrected chi connectivity index (χ0v) is 64.2. The minimum Gasteiger partial charge on any atom is -0.350 e. The van der Waals surface area contributed by atoms with E-state index in [0.29, 0.717) is 91.1 Å². The van der Waals surface area contributed by atoms with Crippen molar-refractivity contribution >= 4 is 23.6 Å². The molecule has 0 radical (unpaired) electrons. The van der Waals surface area contributed by atoms with Crippen LogP contribution in [0.15, 0.2) is 0 Å². The first-order valence-electron chi connectivity index (χ1n) is 40.0. The molecule has 14 nitrogen and oxygen atoms in total. The van der Waals surface area contributed by atoms with Crippen molar-refractivity contribution in [3.8, 4) is 0 Å². The van der Waals surface area contributed by atoms with E-state index in [1.54, 1.807) is 0 Å². The number of unbranched alkanes of at least 4 members (excludes halogenated alkanes) is 36. The van der Waals surface area contributed by atoms with Crippen LogP contribution in [0.4, 0.5) is 0 Å². The van der Waals surface area contributed by atoms with Gasteiger partial charge in [0.1, 0.15) is 0 Å². The van der Waals surface area contributed by atoms with E-state index < -0.39 is 0 Å². The van der Waals surface area contributed by atoms with Crippen molar-refractivity contribution in [3.05, 3.63) is 0 Å². The SMILES string of the molecule is CCCCCCCCCCCC[N+](C)(C)CCNC(=O)CCN(CCC(=O)NCC[N+](C)(C)CCCCCCCCCCCC)CCN(CCC(=O)NCC[N+](C)(C)CCCCCCCCCCCC)CCC(=O)NCC[N+](C)(C)CCCCCCCCCCCC. The summed E-state index contributed by atoms with van der Waals surface area (Å²) >= 11 is 0. The lowest BCUT2D eigenvalue weighted by molar-refractivity contribution is -0.889. The van der Waals surface area contributed by atoms with Gasteiger partial charge in [0.05, 0.1) is 135 Å². The van der Waals surface area contributed by atoms with Gasteiger partial charge in [0.25, 0.3) is 0 Å². The molecule has 0 aromatic rings. The summed E-state index contributed by atoms with van der Waals surface area (Å²) in [4.78, 5) is 58.8. The predicted molar refractivity (Wildman–Crippen MR) is 398 cm³/mol. The van der Waals surface area contributed by atoms with Gasteiger partial charge < -0.3 is 49.0 Å². The van der Waals surface area contributed by atoms with Gasteiger partial charge in [-0.15, -0.1) is 0 Å². The molecule has 0 bridgehead atoms. The normalized spacial score (nSPS) is 12.4. The maximum atomic E-state index is 13.6. The van der Waals surface area contributed by atoms with Crippen LogP contribution in [0.25, 0.3) is 0 Å². The number of carbonyl (C=O) groups is 4. The third-order valence-electron chi connectivity index (χ3n) is 20.0. The Balaban J connectivity index is 5.80. The molecule has 0 rings (SSSR count). The van der Waals surface area contributed by atoms with Crippen LogP contribution in [-0.4, -0.2) is 226 Å². The van der Waals surface area contributed by atoms with E-state index in [2.05, 4.69) is 115 Å². The molecule has 0 aliphatic rings. The van der Waals surface area contributed by atoms with Crippen LogP contribution in [0, 0.1) is 0 Å². The fourth-order valence-electron chi connectivity index (χ4n) is 12.9. The monoisotopic (exact) mass is 1310 g/mol. The molecule has 0 aromatic heterocycles. The smallest absolute Gasteiger partial charge is 0.221 e. The van der Waals surface area contributed by atoms with Crippen LogP contribution in [0.1, 0.15) is 310 Å². The lowest BCUT2D eigenvalue weighted by Gasteiger charge is -2.30. The maximum absolute atomic E-state index is 13.6. The third kappa shape index (κ3) is 62.4. The molecule has 0 saturated heterocycles. The van der Waals surface area contributed by atoms with Crippen molar-refractivity contribution in [3.63, 3.8) is 0 Å². The van der Waals surface area contributed by atoms with Gasteiger partial charge in [0, 0.05) is 65.0 Å². The highest BCUT2D eigenvalue weighted by Crippen LogP contribution is 2.16. The molecule has 0 aliphatic carbocycles. The van der Waals surface area contributed by atoms with Crippen LogP contribution >= 0.6 is 0 Å². The summed E-state index contributed by atoms with van der Waals surface area (Å²) in [6.07, 6.45) is 54.7. The molecule has 0 unspecified atom stereocenters. The van der Waals surface area contributed by atoms with E-state index in [0.717, 1.165) is 70.3 Å². The number of hydrogen-bond acceptors (Lipinski definition) is 6. The van der Waals surface area contributed by atoms with E-state index in [4.69, 9.17) is 0 Å². The number of quaternary nitrogens is 4. The average molecular weight is 1310 g/mol. The molecule has 0 aliphatic heterocycles. The van der Waals surface area contributed by atoms with Gasteiger partial charge in [0.15, 0.2) is 0 Å². The molecule has 4 N–H and O–H groups in total. The molecule has 92 heavy (non-hydrogen) atoms. The van der Waals surface area contributed by atoms with Gasteiger partial charge in [-0.1, -0.05) is 233 Å². The van der Waals surface area contributed by atoms with Gasteiger partial charge >= 0.3 is 0 Å². The lowest BCUT2D eigenvalue weighted by atomic mass is 10.1. The Morgan fingerprint density at radius 3 is 0.533 bits per heavy atom. The molecule has 14 heteroatoms. The van der Waals surface area contributed by atoms with E-state index in [1.807, 2.05) is 0 Å². The second kappa shape index (κ2) is 61.0. The third-order valence-corrected chi connectivity index (χ3v) is 20.0. The van der Waals surface area contributed by atoms with Crippen molar-refractivity contribution in [1.82, 2.24) is 31.1 Å². The van der Waals surface area contributed by atoms with Gasteiger partial charge in [-0.2, -0.15) is 0 Å². The fourth-order valence-corrected chi connectivity index (χ4v) is 12.9. The minimum absolute atomic E-state index is 0.0431. The van der Waals surface area contributed by atoms with Crippen molar-refractivity contribution in [1.29, 1.82) is 0 Å². The van der Waals surface area contributed by atoms with Gasteiger partial charge in [-0.3, -0.25) is 19.2 Å². The molecule has 0 atom stereocenters. The predicted octanol–water partition coefficient (Wildman–Crippen LogP) is 15.6. The van der Waals surface area contributed by atoms with Crippen LogP contribution in [0.5, 0.6) is 0 Å². The van der Waals surface area contributed by atoms with Crippen molar-refractivity contribution in [2.24, 2.45) is 0 Å². The van der Waals surface area contributed by atoms with E-state index in [1.165, 1.54) is 257 Å². The summed E-state index contributed by atoms with van der Waals surface area (Å²) in [6.45, 7) is 23.1. The largest absolute Gasteiger partial charge is 0.350 e. The summed E-state index contributed by atoms with van der Waals surface area (Å²) in [5.74, 6) is 0.173. The molecular formula is C78H164N10O4+4. The lowest BCUT2D eigenvalue weighted by Crippen LogP contribution is -2.47. The Hall–Kier alpha value is -2.36. The molecule has 0 heterocycles. The van der Waals surface area contributed by atoms with Crippen molar-refractivity contribution in [2.45, 2.75) is 310 Å². The zero-order valence-electron chi connectivity index (χ0n) is 64.2. The van der Waals surface area contributed by atoms with Crippen LogP contribution < -0.4 is 21.3 Å². The Labute approximate surface area is 573 Å². The van der Waals surface area contributed by atoms with Crippen LogP contribution in [0.3, 0.4) is 0 Å². The Morgan fingerprint density at radius 2 is 0.370 bits per heavy atom. The highest BCUT2D eigenvalue weighted by molar-refractivity contribution is 5.77. The minimum atomic E-state index is 0.0431. The van der Waals surface area contributed by atoms with Crippen LogP contribution in [0.2, 0.25) is 0 Å². The number of nitrogens with one attached hydrogen (secondary N) is 4. The second-order valence-corrected chi connectivity index (χ2v) is 31.3. The summed E-state index contributed by atoms with van der Waals surface area (Å²) in [5, 5.41) is 13.0. The standard InChI is InChI=1S/C78H160N10O4/c1-13-17-21-25-29-33-37-41-45-49-67-85(5,6)71-57-79-75(89)53-61-83(62-54-76(90)80-58-72-86(7,8)68-50-46-42-38-34-30-26-22-18-14-2)65-66-84(63-55-77(91)81-59-73-87(9,10)69-51-47-43-39-35-31-27-23-19-15-3)64-56-78(92)82-60-74-88(11,12)70-52-48-44-40-36-32-28-24-20-16-4/h13-74H2,1-12H3/p+4. The van der Waals surface area contributed by atoms with Gasteiger partial charge in [-0.05, 0) is 51.4 Å². The quantitative estimate of drug-likeness (QED) is 0.0355. The fraction of sp³-hybridized carbons (Fsp3) is 0.949. The topological polar surface area (TPSA) is 123 Å². The first-order chi connectivity index (χ1) is 44.2. The molecule has 546 valence electrons. The van der Waals surface area contributed by atoms with Crippen molar-refractivity contribution < 1.29 is 37.1 Å². The Morgan fingerprint density at radius 1 is 0.217 bits per heavy atom. The second-order valence-electron chi connectivity index (χ2n) is 31.3. The number of hydrogen-bond donors (Lipinski definition) is 4. The zero-order chi connectivity index (χ0) is 68.1. The number of rotatable bonds is 71. The molecule has 0 fully saturated rings. The number of likely N-dealkylation sites (N-methyl/N-ethyl adjacent to an activating group) is 4. The molecule has 4 amide bonds. The Bertz CT molecular complexity index is 1460. The van der Waals surface area contributed by atoms with E-state index in [-0.39, 0.29) is 23.6 Å². The summed E-state index contributed by atoms with van der Waals surface area (Å²) in [5.41, 5.74) is 0. The first kappa shape index (κ1) is 89.6. The first-order valence-corrected chi connectivity index (χ1v) is 40.0. The van der Waals surface area contributed by atoms with Gasteiger partial charge in [-0.25, -0.2) is 0 Å². The van der Waals surface area contributed by atoms with Crippen LogP contribution in [-0.2, 0) is 19.2 Å². The maximum Gasteiger partial charge on any atom is 0.221 e. The summed E-state index contributed by atoms with van der Waals surface area (Å²) in [6, 6.07) is 0. The number of carbonyl (C=O) groups excluding carboxylic acids is 4. The molecule has 0 spiro atoms. The van der Waals surface area contributed by atoms with Crippen molar-refractivity contribution in [2.75, 3.05) is 174 Å². The molecule has 0 aromatic carbocycles. The molecule has 0 saturated carbocycles. The number of nitrogens with zero attached hydrogens (tertiary/aromatic N) is 6. The average Bonchev–Trinajstić information content (AvgIpc) is 3.70. The van der Waals surface area contributed by atoms with Gasteiger partial charge in [0.2, 0.25) is 23.6 Å².